The van der Waals surface area contributed by atoms with E-state index in [1.807, 2.05) is 48.5 Å². The third kappa shape index (κ3) is 4.26. The Kier molecular flexibility index (Phi) is 5.91. The lowest BCUT2D eigenvalue weighted by Gasteiger charge is -2.52. The minimum absolute atomic E-state index is 0.00390. The van der Waals surface area contributed by atoms with Crippen LogP contribution in [-0.4, -0.2) is 43.0 Å². The fourth-order valence-electron chi connectivity index (χ4n) is 5.33. The molecule has 0 radical (unpaired) electrons. The van der Waals surface area contributed by atoms with Crippen LogP contribution in [-0.2, 0) is 10.2 Å². The summed E-state index contributed by atoms with van der Waals surface area (Å²) in [4.78, 5) is 26.6. The minimum atomic E-state index is -0.304. The van der Waals surface area contributed by atoms with Crippen molar-refractivity contribution >= 4 is 11.9 Å². The second-order valence-electron chi connectivity index (χ2n) is 8.80. The van der Waals surface area contributed by atoms with Crippen LogP contribution < -0.4 is 10.1 Å². The maximum absolute atomic E-state index is 12.8. The highest BCUT2D eigenvalue weighted by Crippen LogP contribution is 2.49. The zero-order valence-electron chi connectivity index (χ0n) is 17.8. The summed E-state index contributed by atoms with van der Waals surface area (Å²) in [6.07, 6.45) is 4.01. The molecule has 1 aliphatic carbocycles. The maximum atomic E-state index is 12.8. The first-order chi connectivity index (χ1) is 14.5. The van der Waals surface area contributed by atoms with Gasteiger partial charge in [0.1, 0.15) is 5.75 Å². The lowest BCUT2D eigenvalue weighted by Crippen LogP contribution is -2.55. The van der Waals surface area contributed by atoms with Gasteiger partial charge in [-0.15, -0.1) is 0 Å². The summed E-state index contributed by atoms with van der Waals surface area (Å²) in [5, 5.41) is 3.28. The molecule has 1 N–H and O–H groups in total. The van der Waals surface area contributed by atoms with E-state index in [4.69, 9.17) is 4.74 Å². The van der Waals surface area contributed by atoms with Crippen LogP contribution in [0.2, 0.25) is 0 Å². The van der Waals surface area contributed by atoms with E-state index in [1.54, 1.807) is 0 Å². The predicted octanol–water partition coefficient (Wildman–Crippen LogP) is 3.78. The number of nitrogens with zero attached hydrogens (tertiary/aromatic N) is 1. The fourth-order valence-corrected chi connectivity index (χ4v) is 5.33. The Balaban J connectivity index is 1.60. The lowest BCUT2D eigenvalue weighted by atomic mass is 9.58. The normalized spacial score (nSPS) is 26.5. The van der Waals surface area contributed by atoms with Crippen molar-refractivity contribution in [3.63, 3.8) is 0 Å². The molecule has 2 fully saturated rings. The Morgan fingerprint density at radius 3 is 2.67 bits per heavy atom. The topological polar surface area (TPSA) is 58.6 Å². The number of amides is 1. The number of hydrogen-bond donors (Lipinski definition) is 1. The molecule has 158 valence electrons. The quantitative estimate of drug-likeness (QED) is 0.620. The van der Waals surface area contributed by atoms with Crippen LogP contribution in [0.15, 0.2) is 54.6 Å². The summed E-state index contributed by atoms with van der Waals surface area (Å²) < 4.78 is 5.37. The molecule has 4 rings (SSSR count). The third-order valence-corrected chi connectivity index (χ3v) is 6.77. The van der Waals surface area contributed by atoms with Gasteiger partial charge in [0.15, 0.2) is 0 Å². The van der Waals surface area contributed by atoms with Crippen molar-refractivity contribution in [3.05, 3.63) is 65.7 Å². The number of ether oxygens (including phenoxy) is 1. The Morgan fingerprint density at radius 1 is 1.10 bits per heavy atom. The van der Waals surface area contributed by atoms with Crippen LogP contribution in [0.5, 0.6) is 5.75 Å². The molecular formula is C25H30N2O3. The van der Waals surface area contributed by atoms with E-state index in [1.165, 1.54) is 12.5 Å². The van der Waals surface area contributed by atoms with Crippen molar-refractivity contribution in [1.82, 2.24) is 10.2 Å². The van der Waals surface area contributed by atoms with Gasteiger partial charge in [0, 0.05) is 30.5 Å². The predicted molar refractivity (Wildman–Crippen MR) is 117 cm³/mol. The summed E-state index contributed by atoms with van der Waals surface area (Å²) in [5.74, 6) is 0.813. The van der Waals surface area contributed by atoms with E-state index >= 15 is 0 Å². The molecule has 0 bridgehead atoms. The SMILES string of the molecule is CC(=O)Oc1cccc(C23CCN(C)CC2CC[C@@H](NC(=O)c2ccccc2)C3)c1. The second-order valence-corrected chi connectivity index (χ2v) is 8.80. The molecule has 2 aromatic rings. The number of benzene rings is 2. The van der Waals surface area contributed by atoms with Crippen molar-refractivity contribution in [2.24, 2.45) is 5.92 Å². The Morgan fingerprint density at radius 2 is 1.90 bits per heavy atom. The van der Waals surface area contributed by atoms with E-state index in [-0.39, 0.29) is 23.3 Å². The zero-order valence-corrected chi connectivity index (χ0v) is 17.8. The smallest absolute Gasteiger partial charge is 0.308 e. The van der Waals surface area contributed by atoms with Gasteiger partial charge in [-0.2, -0.15) is 0 Å². The number of carbonyl (C=O) groups excluding carboxylic acids is 2. The molecular weight excluding hydrogens is 376 g/mol. The summed E-state index contributed by atoms with van der Waals surface area (Å²) in [5.41, 5.74) is 1.90. The van der Waals surface area contributed by atoms with Gasteiger partial charge in [-0.1, -0.05) is 30.3 Å². The number of hydrogen-bond acceptors (Lipinski definition) is 4. The Hall–Kier alpha value is -2.66. The van der Waals surface area contributed by atoms with Crippen molar-refractivity contribution in [2.45, 2.75) is 44.1 Å². The van der Waals surface area contributed by atoms with Crippen LogP contribution in [0, 0.1) is 5.92 Å². The van der Waals surface area contributed by atoms with Crippen molar-refractivity contribution < 1.29 is 14.3 Å². The van der Waals surface area contributed by atoms with Crippen LogP contribution in [0.3, 0.4) is 0 Å². The molecule has 1 saturated heterocycles. The summed E-state index contributed by atoms with van der Waals surface area (Å²) in [6, 6.07) is 17.6. The van der Waals surface area contributed by atoms with Gasteiger partial charge in [-0.25, -0.2) is 0 Å². The van der Waals surface area contributed by atoms with Gasteiger partial charge < -0.3 is 15.0 Å². The first-order valence-corrected chi connectivity index (χ1v) is 10.8. The van der Waals surface area contributed by atoms with Gasteiger partial charge in [0.2, 0.25) is 0 Å². The first kappa shape index (κ1) is 20.6. The Bertz CT molecular complexity index is 914. The molecule has 1 amide bonds. The summed E-state index contributed by atoms with van der Waals surface area (Å²) in [7, 11) is 2.18. The van der Waals surface area contributed by atoms with Gasteiger partial charge in [-0.05, 0) is 75.0 Å². The van der Waals surface area contributed by atoms with Gasteiger partial charge in [0.05, 0.1) is 0 Å². The van der Waals surface area contributed by atoms with E-state index in [0.717, 1.165) is 38.8 Å². The number of nitrogens with one attached hydrogen (secondary N) is 1. The highest BCUT2D eigenvalue weighted by atomic mass is 16.5. The number of rotatable bonds is 4. The largest absolute Gasteiger partial charge is 0.427 e. The summed E-state index contributed by atoms with van der Waals surface area (Å²) in [6.45, 7) is 3.50. The molecule has 1 saturated carbocycles. The molecule has 2 aliphatic rings. The minimum Gasteiger partial charge on any atom is -0.427 e. The fraction of sp³-hybridized carbons (Fsp3) is 0.440. The van der Waals surface area contributed by atoms with Gasteiger partial charge >= 0.3 is 5.97 Å². The van der Waals surface area contributed by atoms with Crippen molar-refractivity contribution in [3.8, 4) is 5.75 Å². The second kappa shape index (κ2) is 8.60. The first-order valence-electron chi connectivity index (χ1n) is 10.8. The van der Waals surface area contributed by atoms with Crippen LogP contribution in [0.4, 0.5) is 0 Å². The monoisotopic (exact) mass is 406 g/mol. The molecule has 0 spiro atoms. The highest BCUT2D eigenvalue weighted by Gasteiger charge is 2.47. The van der Waals surface area contributed by atoms with E-state index in [2.05, 4.69) is 23.3 Å². The zero-order chi connectivity index (χ0) is 21.1. The van der Waals surface area contributed by atoms with Gasteiger partial charge in [0.25, 0.3) is 5.91 Å². The van der Waals surface area contributed by atoms with Crippen molar-refractivity contribution in [1.29, 1.82) is 0 Å². The molecule has 0 aromatic heterocycles. The number of esters is 1. The van der Waals surface area contributed by atoms with E-state index < -0.39 is 0 Å². The molecule has 30 heavy (non-hydrogen) atoms. The third-order valence-electron chi connectivity index (χ3n) is 6.77. The number of likely N-dealkylation sites (tertiary alicyclic amines) is 1. The molecule has 2 unspecified atom stereocenters. The molecule has 5 nitrogen and oxygen atoms in total. The van der Waals surface area contributed by atoms with Crippen LogP contribution in [0.25, 0.3) is 0 Å². The number of fused-ring (bicyclic) bond motifs is 1. The standard InChI is InChI=1S/C25H30N2O3/c1-18(28)30-23-10-6-9-20(15-23)25-13-14-27(2)17-21(25)11-12-22(16-25)26-24(29)19-7-4-3-5-8-19/h3-10,15,21-22H,11-14,16-17H2,1-2H3,(H,26,29)/t21?,22-,25?/m1/s1. The summed E-state index contributed by atoms with van der Waals surface area (Å²) >= 11 is 0. The van der Waals surface area contributed by atoms with E-state index in [0.29, 0.717) is 17.2 Å². The highest BCUT2D eigenvalue weighted by molar-refractivity contribution is 5.94. The lowest BCUT2D eigenvalue weighted by molar-refractivity contribution is -0.131. The molecule has 1 heterocycles. The van der Waals surface area contributed by atoms with Crippen molar-refractivity contribution in [2.75, 3.05) is 20.1 Å². The van der Waals surface area contributed by atoms with Crippen LogP contribution >= 0.6 is 0 Å². The molecule has 3 atom stereocenters. The number of piperidine rings is 1. The molecule has 1 aliphatic heterocycles. The molecule has 2 aromatic carbocycles. The maximum Gasteiger partial charge on any atom is 0.308 e. The van der Waals surface area contributed by atoms with Gasteiger partial charge in [-0.3, -0.25) is 9.59 Å². The Labute approximate surface area is 178 Å². The number of carbonyl (C=O) groups is 2. The average molecular weight is 407 g/mol. The molecule has 5 heteroatoms. The van der Waals surface area contributed by atoms with Crippen LogP contribution in [0.1, 0.15) is 48.5 Å². The van der Waals surface area contributed by atoms with E-state index in [9.17, 15) is 9.59 Å². The average Bonchev–Trinajstić information content (AvgIpc) is 2.74.